The van der Waals surface area contributed by atoms with Crippen molar-refractivity contribution in [3.63, 3.8) is 0 Å². The second-order valence-electron chi connectivity index (χ2n) is 4.50. The molecule has 0 fully saturated rings. The van der Waals surface area contributed by atoms with Gasteiger partial charge in [-0.05, 0) is 49.4 Å². The minimum atomic E-state index is -0.386. The summed E-state index contributed by atoms with van der Waals surface area (Å²) in [7, 11) is 0. The zero-order chi connectivity index (χ0) is 14.6. The number of carbonyl (C=O) groups is 1. The summed E-state index contributed by atoms with van der Waals surface area (Å²) in [5.74, 6) is 1.50. The summed E-state index contributed by atoms with van der Waals surface area (Å²) in [6.45, 7) is 1.99. The maximum Gasteiger partial charge on any atom is 0.316 e. The molecule has 0 aliphatic heterocycles. The van der Waals surface area contributed by atoms with E-state index in [-0.39, 0.29) is 5.37 Å². The van der Waals surface area contributed by atoms with E-state index in [0.29, 0.717) is 25.6 Å². The largest absolute Gasteiger partial charge is 0.494 e. The number of amides is 1. The number of alkyl halides is 1. The van der Waals surface area contributed by atoms with Crippen LogP contribution >= 0.6 is 23.2 Å². The molecule has 20 heavy (non-hydrogen) atoms. The van der Waals surface area contributed by atoms with Crippen LogP contribution in [0.3, 0.4) is 0 Å². The van der Waals surface area contributed by atoms with Crippen LogP contribution in [0.5, 0.6) is 5.75 Å². The molecule has 0 N–H and O–H groups in total. The molecule has 0 aliphatic carbocycles. The van der Waals surface area contributed by atoms with Gasteiger partial charge in [0, 0.05) is 19.0 Å². The van der Waals surface area contributed by atoms with Crippen molar-refractivity contribution < 1.29 is 9.53 Å². The predicted octanol–water partition coefficient (Wildman–Crippen LogP) is 4.53. The van der Waals surface area contributed by atoms with Crippen LogP contribution in [0.2, 0.25) is 0 Å². The molecular weight excluding hydrogens is 297 g/mol. The fraction of sp³-hybridized carbons (Fsp3) is 0.533. The van der Waals surface area contributed by atoms with Crippen LogP contribution in [-0.4, -0.2) is 35.8 Å². The van der Waals surface area contributed by atoms with E-state index in [1.54, 1.807) is 4.90 Å². The van der Waals surface area contributed by atoms with Crippen LogP contribution in [0.4, 0.5) is 4.79 Å². The van der Waals surface area contributed by atoms with E-state index in [2.05, 4.69) is 0 Å². The number of benzene rings is 1. The third kappa shape index (κ3) is 7.61. The molecule has 0 saturated carbocycles. The molecule has 0 spiro atoms. The molecule has 0 bridgehead atoms. The van der Waals surface area contributed by atoms with Crippen molar-refractivity contribution in [1.29, 1.82) is 0 Å². The number of nitrogens with zero attached hydrogens (tertiary/aromatic N) is 1. The molecular formula is C15H21Cl2NO2. The highest BCUT2D eigenvalue weighted by atomic mass is 35.5. The number of ether oxygens (including phenoxy) is 1. The van der Waals surface area contributed by atoms with E-state index in [1.807, 2.05) is 30.3 Å². The van der Waals surface area contributed by atoms with Gasteiger partial charge in [-0.25, -0.2) is 0 Å². The highest BCUT2D eigenvalue weighted by Crippen LogP contribution is 2.09. The second kappa shape index (κ2) is 10.8. The van der Waals surface area contributed by atoms with Crippen LogP contribution in [0.25, 0.3) is 0 Å². The SMILES string of the molecule is O=C(Cl)N(CCCCCl)CCCCOc1ccccc1. The molecule has 0 aromatic heterocycles. The third-order valence-electron chi connectivity index (χ3n) is 2.89. The van der Waals surface area contributed by atoms with E-state index in [1.165, 1.54) is 0 Å². The molecule has 1 aromatic carbocycles. The van der Waals surface area contributed by atoms with Gasteiger partial charge < -0.3 is 9.64 Å². The molecule has 1 aromatic rings. The Morgan fingerprint density at radius 1 is 1.05 bits per heavy atom. The first kappa shape index (κ1) is 17.1. The molecule has 0 heterocycles. The Balaban J connectivity index is 2.12. The average Bonchev–Trinajstić information content (AvgIpc) is 2.46. The Kier molecular flexibility index (Phi) is 9.25. The first-order valence-corrected chi connectivity index (χ1v) is 7.83. The predicted molar refractivity (Wildman–Crippen MR) is 83.9 cm³/mol. The summed E-state index contributed by atoms with van der Waals surface area (Å²) in [6.07, 6.45) is 3.57. The number of unbranched alkanes of at least 4 members (excludes halogenated alkanes) is 2. The number of para-hydroxylation sites is 1. The Labute approximate surface area is 130 Å². The van der Waals surface area contributed by atoms with Crippen molar-refractivity contribution in [2.45, 2.75) is 25.7 Å². The van der Waals surface area contributed by atoms with Crippen LogP contribution < -0.4 is 4.74 Å². The van der Waals surface area contributed by atoms with Crippen LogP contribution in [0.1, 0.15) is 25.7 Å². The summed E-state index contributed by atoms with van der Waals surface area (Å²) in [6, 6.07) is 9.71. The molecule has 1 amide bonds. The highest BCUT2D eigenvalue weighted by molar-refractivity contribution is 6.62. The Bertz CT molecular complexity index is 373. The minimum absolute atomic E-state index is 0.386. The van der Waals surface area contributed by atoms with Crippen LogP contribution in [0.15, 0.2) is 30.3 Å². The average molecular weight is 318 g/mol. The Morgan fingerprint density at radius 2 is 1.70 bits per heavy atom. The van der Waals surface area contributed by atoms with Crippen molar-refractivity contribution >= 4 is 28.6 Å². The quantitative estimate of drug-likeness (QED) is 0.275. The summed E-state index contributed by atoms with van der Waals surface area (Å²) in [4.78, 5) is 12.9. The minimum Gasteiger partial charge on any atom is -0.494 e. The van der Waals surface area contributed by atoms with Gasteiger partial charge in [0.05, 0.1) is 6.61 Å². The van der Waals surface area contributed by atoms with E-state index in [4.69, 9.17) is 27.9 Å². The lowest BCUT2D eigenvalue weighted by Gasteiger charge is -2.19. The summed E-state index contributed by atoms with van der Waals surface area (Å²) in [5, 5.41) is -0.386. The maximum atomic E-state index is 11.3. The second-order valence-corrected chi connectivity index (χ2v) is 5.21. The first-order valence-electron chi connectivity index (χ1n) is 6.92. The van der Waals surface area contributed by atoms with E-state index in [0.717, 1.165) is 31.4 Å². The van der Waals surface area contributed by atoms with E-state index < -0.39 is 0 Å². The van der Waals surface area contributed by atoms with Crippen molar-refractivity contribution in [2.24, 2.45) is 0 Å². The van der Waals surface area contributed by atoms with Gasteiger partial charge in [0.25, 0.3) is 0 Å². The lowest BCUT2D eigenvalue weighted by atomic mass is 10.2. The molecule has 5 heteroatoms. The van der Waals surface area contributed by atoms with Crippen LogP contribution in [0, 0.1) is 0 Å². The van der Waals surface area contributed by atoms with Gasteiger partial charge in [0.15, 0.2) is 0 Å². The fourth-order valence-electron chi connectivity index (χ4n) is 1.80. The smallest absolute Gasteiger partial charge is 0.316 e. The zero-order valence-corrected chi connectivity index (χ0v) is 13.1. The zero-order valence-electron chi connectivity index (χ0n) is 11.6. The van der Waals surface area contributed by atoms with Gasteiger partial charge >= 0.3 is 5.37 Å². The van der Waals surface area contributed by atoms with Crippen molar-refractivity contribution in [3.05, 3.63) is 30.3 Å². The van der Waals surface area contributed by atoms with Gasteiger partial charge in [-0.1, -0.05) is 18.2 Å². The third-order valence-corrected chi connectivity index (χ3v) is 3.40. The summed E-state index contributed by atoms with van der Waals surface area (Å²) >= 11 is 11.2. The molecule has 0 atom stereocenters. The first-order chi connectivity index (χ1) is 9.74. The van der Waals surface area contributed by atoms with E-state index in [9.17, 15) is 4.79 Å². The topological polar surface area (TPSA) is 29.5 Å². The number of rotatable bonds is 10. The summed E-state index contributed by atoms with van der Waals surface area (Å²) < 4.78 is 5.59. The number of carbonyl (C=O) groups excluding carboxylic acids is 1. The fourth-order valence-corrected chi connectivity index (χ4v) is 2.15. The monoisotopic (exact) mass is 317 g/mol. The Hall–Kier alpha value is -0.930. The number of hydrogen-bond acceptors (Lipinski definition) is 2. The molecule has 0 aliphatic rings. The normalized spacial score (nSPS) is 10.3. The van der Waals surface area contributed by atoms with Gasteiger partial charge in [-0.3, -0.25) is 4.79 Å². The van der Waals surface area contributed by atoms with Gasteiger partial charge in [-0.2, -0.15) is 0 Å². The van der Waals surface area contributed by atoms with Crippen LogP contribution in [-0.2, 0) is 0 Å². The highest BCUT2D eigenvalue weighted by Gasteiger charge is 2.09. The van der Waals surface area contributed by atoms with E-state index >= 15 is 0 Å². The maximum absolute atomic E-state index is 11.3. The lowest BCUT2D eigenvalue weighted by Crippen LogP contribution is -2.28. The lowest BCUT2D eigenvalue weighted by molar-refractivity contribution is 0.217. The molecule has 112 valence electrons. The van der Waals surface area contributed by atoms with Crippen molar-refractivity contribution in [3.8, 4) is 5.75 Å². The standard InChI is InChI=1S/C15H21Cl2NO2/c16-10-4-5-11-18(15(17)19)12-6-7-13-20-14-8-2-1-3-9-14/h1-3,8-9H,4-7,10-13H2. The Morgan fingerprint density at radius 3 is 2.30 bits per heavy atom. The van der Waals surface area contributed by atoms with Crippen molar-refractivity contribution in [2.75, 3.05) is 25.6 Å². The summed E-state index contributed by atoms with van der Waals surface area (Å²) in [5.41, 5.74) is 0. The molecule has 3 nitrogen and oxygen atoms in total. The molecule has 0 unspecified atom stereocenters. The van der Waals surface area contributed by atoms with Gasteiger partial charge in [0.1, 0.15) is 5.75 Å². The number of halogens is 2. The molecule has 0 saturated heterocycles. The van der Waals surface area contributed by atoms with Gasteiger partial charge in [-0.15, -0.1) is 11.6 Å². The number of hydrogen-bond donors (Lipinski definition) is 0. The molecule has 0 radical (unpaired) electrons. The van der Waals surface area contributed by atoms with Gasteiger partial charge in [0.2, 0.25) is 0 Å². The molecule has 1 rings (SSSR count). The van der Waals surface area contributed by atoms with Crippen molar-refractivity contribution in [1.82, 2.24) is 4.90 Å².